The summed E-state index contributed by atoms with van der Waals surface area (Å²) in [5.74, 6) is -0.260. The van der Waals surface area contributed by atoms with E-state index in [1.807, 2.05) is 0 Å². The minimum atomic E-state index is -0.516. The van der Waals surface area contributed by atoms with Crippen molar-refractivity contribution in [3.8, 4) is 11.8 Å². The molecule has 1 amide bonds. The smallest absolute Gasteiger partial charge is 0.278 e. The van der Waals surface area contributed by atoms with Crippen LogP contribution in [0.4, 0.5) is 4.39 Å². The second-order valence-electron chi connectivity index (χ2n) is 5.13. The Labute approximate surface area is 132 Å². The van der Waals surface area contributed by atoms with E-state index < -0.39 is 5.82 Å². The molecule has 0 aliphatic carbocycles. The first kappa shape index (κ1) is 15.2. The maximum atomic E-state index is 13.7. The van der Waals surface area contributed by atoms with Gasteiger partial charge in [-0.15, -0.1) is 0 Å². The molecule has 1 aliphatic heterocycles. The molecule has 0 N–H and O–H groups in total. The first-order valence-electron chi connectivity index (χ1n) is 7.24. The van der Waals surface area contributed by atoms with Crippen LogP contribution in [0, 0.1) is 5.82 Å². The van der Waals surface area contributed by atoms with Gasteiger partial charge >= 0.3 is 0 Å². The number of aromatic nitrogens is 2. The second kappa shape index (κ2) is 6.60. The average Bonchev–Trinajstić information content (AvgIpc) is 3.04. The van der Waals surface area contributed by atoms with Crippen LogP contribution in [0.2, 0.25) is 0 Å². The predicted octanol–water partition coefficient (Wildman–Crippen LogP) is 1.92. The summed E-state index contributed by atoms with van der Waals surface area (Å²) in [6, 6.07) is 5.96. The standard InChI is InChI=1S/C16H16FN3O3/c1-22-14-15(19-8-7-18-14)23-11-6-9-20(10-11)16(21)12-4-2-3-5-13(12)17/h2-5,7-8,11H,6,9-10H2,1H3. The van der Waals surface area contributed by atoms with Crippen LogP contribution < -0.4 is 9.47 Å². The number of likely N-dealkylation sites (tertiary alicyclic amines) is 1. The molecule has 120 valence electrons. The van der Waals surface area contributed by atoms with E-state index in [4.69, 9.17) is 9.47 Å². The Morgan fingerprint density at radius 1 is 1.26 bits per heavy atom. The third-order valence-electron chi connectivity index (χ3n) is 3.64. The number of methoxy groups -OCH3 is 1. The second-order valence-corrected chi connectivity index (χ2v) is 5.13. The number of carbonyl (C=O) groups is 1. The highest BCUT2D eigenvalue weighted by atomic mass is 19.1. The Morgan fingerprint density at radius 3 is 2.74 bits per heavy atom. The number of hydrogen-bond acceptors (Lipinski definition) is 5. The summed E-state index contributed by atoms with van der Waals surface area (Å²) in [6.07, 6.45) is 3.43. The summed E-state index contributed by atoms with van der Waals surface area (Å²) in [5, 5.41) is 0. The van der Waals surface area contributed by atoms with Gasteiger partial charge in [-0.05, 0) is 12.1 Å². The lowest BCUT2D eigenvalue weighted by Crippen LogP contribution is -2.31. The molecule has 1 atom stereocenters. The highest BCUT2D eigenvalue weighted by Gasteiger charge is 2.30. The molecule has 1 unspecified atom stereocenters. The van der Waals surface area contributed by atoms with Gasteiger partial charge in [-0.2, -0.15) is 0 Å². The van der Waals surface area contributed by atoms with Crippen molar-refractivity contribution in [1.29, 1.82) is 0 Å². The lowest BCUT2D eigenvalue weighted by molar-refractivity contribution is 0.0765. The quantitative estimate of drug-likeness (QED) is 0.862. The Morgan fingerprint density at radius 2 is 2.00 bits per heavy atom. The van der Waals surface area contributed by atoms with E-state index in [0.29, 0.717) is 31.3 Å². The van der Waals surface area contributed by atoms with Crippen LogP contribution >= 0.6 is 0 Å². The first-order chi connectivity index (χ1) is 11.2. The summed E-state index contributed by atoms with van der Waals surface area (Å²) >= 11 is 0. The molecule has 0 radical (unpaired) electrons. The molecule has 6 nitrogen and oxygen atoms in total. The minimum absolute atomic E-state index is 0.0743. The SMILES string of the molecule is COc1nccnc1OC1CCN(C(=O)c2ccccc2F)C1. The number of benzene rings is 1. The van der Waals surface area contributed by atoms with Gasteiger partial charge in [-0.3, -0.25) is 4.79 Å². The molecule has 2 aromatic rings. The van der Waals surface area contributed by atoms with Crippen molar-refractivity contribution in [1.82, 2.24) is 14.9 Å². The number of hydrogen-bond donors (Lipinski definition) is 0. The van der Waals surface area contributed by atoms with Gasteiger partial charge in [0.2, 0.25) is 0 Å². The van der Waals surface area contributed by atoms with Crippen molar-refractivity contribution in [2.75, 3.05) is 20.2 Å². The molecule has 0 saturated carbocycles. The van der Waals surface area contributed by atoms with E-state index in [1.54, 1.807) is 17.0 Å². The number of amides is 1. The molecule has 1 saturated heterocycles. The third-order valence-corrected chi connectivity index (χ3v) is 3.64. The highest BCUT2D eigenvalue weighted by Crippen LogP contribution is 2.24. The van der Waals surface area contributed by atoms with Crippen LogP contribution in [-0.4, -0.2) is 47.1 Å². The molecule has 0 bridgehead atoms. The zero-order valence-electron chi connectivity index (χ0n) is 12.6. The molecule has 23 heavy (non-hydrogen) atoms. The van der Waals surface area contributed by atoms with Gasteiger partial charge in [0.25, 0.3) is 17.7 Å². The zero-order valence-corrected chi connectivity index (χ0v) is 12.6. The molecule has 0 spiro atoms. The Kier molecular flexibility index (Phi) is 4.36. The normalized spacial score (nSPS) is 17.1. The molecule has 1 fully saturated rings. The average molecular weight is 317 g/mol. The van der Waals surface area contributed by atoms with E-state index in [9.17, 15) is 9.18 Å². The summed E-state index contributed by atoms with van der Waals surface area (Å²) in [6.45, 7) is 0.868. The zero-order chi connectivity index (χ0) is 16.2. The maximum Gasteiger partial charge on any atom is 0.278 e. The van der Waals surface area contributed by atoms with Crippen LogP contribution in [0.15, 0.2) is 36.7 Å². The Balaban J connectivity index is 1.67. The van der Waals surface area contributed by atoms with Crippen molar-refractivity contribution in [2.45, 2.75) is 12.5 Å². The van der Waals surface area contributed by atoms with E-state index >= 15 is 0 Å². The van der Waals surface area contributed by atoms with E-state index in [1.165, 1.54) is 31.6 Å². The molecule has 1 aromatic heterocycles. The molecule has 1 aromatic carbocycles. The van der Waals surface area contributed by atoms with Crippen molar-refractivity contribution in [3.05, 3.63) is 48.0 Å². The monoisotopic (exact) mass is 317 g/mol. The molecule has 1 aliphatic rings. The summed E-state index contributed by atoms with van der Waals surface area (Å²) in [7, 11) is 1.49. The number of ether oxygens (including phenoxy) is 2. The van der Waals surface area contributed by atoms with Crippen LogP contribution in [0.3, 0.4) is 0 Å². The largest absolute Gasteiger partial charge is 0.477 e. The van der Waals surface area contributed by atoms with Crippen molar-refractivity contribution >= 4 is 5.91 Å². The van der Waals surface area contributed by atoms with E-state index in [2.05, 4.69) is 9.97 Å². The number of nitrogens with zero attached hydrogens (tertiary/aromatic N) is 3. The van der Waals surface area contributed by atoms with Gasteiger partial charge < -0.3 is 14.4 Å². The van der Waals surface area contributed by atoms with Gasteiger partial charge in [0, 0.05) is 25.4 Å². The number of halogens is 1. The van der Waals surface area contributed by atoms with Gasteiger partial charge in [-0.1, -0.05) is 12.1 Å². The lowest BCUT2D eigenvalue weighted by Gasteiger charge is -2.17. The fourth-order valence-electron chi connectivity index (χ4n) is 2.51. The summed E-state index contributed by atoms with van der Waals surface area (Å²) in [5.41, 5.74) is 0.0743. The topological polar surface area (TPSA) is 64.6 Å². The number of carbonyl (C=O) groups excluding carboxylic acids is 1. The molecular formula is C16H16FN3O3. The highest BCUT2D eigenvalue weighted by molar-refractivity contribution is 5.94. The summed E-state index contributed by atoms with van der Waals surface area (Å²) in [4.78, 5) is 22.0. The molecule has 2 heterocycles. The third kappa shape index (κ3) is 3.23. The lowest BCUT2D eigenvalue weighted by atomic mass is 10.2. The van der Waals surface area contributed by atoms with Crippen molar-refractivity contribution < 1.29 is 18.7 Å². The van der Waals surface area contributed by atoms with Gasteiger partial charge in [0.05, 0.1) is 19.2 Å². The maximum absolute atomic E-state index is 13.7. The minimum Gasteiger partial charge on any atom is -0.477 e. The van der Waals surface area contributed by atoms with Crippen molar-refractivity contribution in [2.24, 2.45) is 0 Å². The first-order valence-corrected chi connectivity index (χ1v) is 7.24. The molecule has 3 rings (SSSR count). The Bertz CT molecular complexity index is 710. The molecule has 7 heteroatoms. The predicted molar refractivity (Wildman–Crippen MR) is 79.9 cm³/mol. The van der Waals surface area contributed by atoms with Gasteiger partial charge in [0.15, 0.2) is 0 Å². The Hall–Kier alpha value is -2.70. The number of rotatable bonds is 4. The van der Waals surface area contributed by atoms with Gasteiger partial charge in [-0.25, -0.2) is 14.4 Å². The van der Waals surface area contributed by atoms with Gasteiger partial charge in [0.1, 0.15) is 11.9 Å². The van der Waals surface area contributed by atoms with E-state index in [0.717, 1.165) is 0 Å². The van der Waals surface area contributed by atoms with Crippen LogP contribution in [-0.2, 0) is 0 Å². The molecular weight excluding hydrogens is 301 g/mol. The fraction of sp³-hybridized carbons (Fsp3) is 0.312. The van der Waals surface area contributed by atoms with Crippen LogP contribution in [0.5, 0.6) is 11.8 Å². The van der Waals surface area contributed by atoms with Crippen molar-refractivity contribution in [3.63, 3.8) is 0 Å². The summed E-state index contributed by atoms with van der Waals surface area (Å²) < 4.78 is 24.6. The van der Waals surface area contributed by atoms with E-state index in [-0.39, 0.29) is 17.6 Å². The fourth-order valence-corrected chi connectivity index (χ4v) is 2.51. The van der Waals surface area contributed by atoms with Crippen LogP contribution in [0.25, 0.3) is 0 Å². The van der Waals surface area contributed by atoms with Crippen LogP contribution in [0.1, 0.15) is 16.8 Å².